The van der Waals surface area contributed by atoms with Crippen molar-refractivity contribution in [2.45, 2.75) is 6.92 Å². The molecule has 3 aromatic rings. The molecular formula is C15H12N2O2. The fraction of sp³-hybridized carbons (Fsp3) is 0.0667. The molecule has 94 valence electrons. The molecule has 0 radical (unpaired) electrons. The second-order valence-corrected chi connectivity index (χ2v) is 4.54. The summed E-state index contributed by atoms with van der Waals surface area (Å²) in [5, 5.41) is 12.0. The van der Waals surface area contributed by atoms with Crippen LogP contribution in [0, 0.1) is 17.0 Å². The third kappa shape index (κ3) is 1.97. The molecule has 0 atom stereocenters. The Morgan fingerprint density at radius 1 is 1.11 bits per heavy atom. The van der Waals surface area contributed by atoms with Gasteiger partial charge in [-0.15, -0.1) is 0 Å². The van der Waals surface area contributed by atoms with Gasteiger partial charge in [-0.3, -0.25) is 10.1 Å². The number of rotatable bonds is 2. The Hall–Kier alpha value is -2.62. The summed E-state index contributed by atoms with van der Waals surface area (Å²) in [6.45, 7) is 1.96. The quantitative estimate of drug-likeness (QED) is 0.552. The molecule has 0 unspecified atom stereocenters. The summed E-state index contributed by atoms with van der Waals surface area (Å²) in [5.74, 6) is 0. The average molecular weight is 252 g/mol. The van der Waals surface area contributed by atoms with E-state index in [2.05, 4.69) is 4.98 Å². The number of nitrogens with one attached hydrogen (secondary N) is 1. The monoisotopic (exact) mass is 252 g/mol. The molecule has 0 saturated carbocycles. The lowest BCUT2D eigenvalue weighted by Crippen LogP contribution is -1.90. The Balaban J connectivity index is 2.19. The van der Waals surface area contributed by atoms with E-state index in [4.69, 9.17) is 0 Å². The van der Waals surface area contributed by atoms with Gasteiger partial charge in [0.1, 0.15) is 0 Å². The number of hydrogen-bond acceptors (Lipinski definition) is 2. The van der Waals surface area contributed by atoms with E-state index in [1.54, 1.807) is 12.1 Å². The molecule has 0 aliphatic carbocycles. The Morgan fingerprint density at radius 3 is 2.74 bits per heavy atom. The van der Waals surface area contributed by atoms with Gasteiger partial charge >= 0.3 is 0 Å². The topological polar surface area (TPSA) is 58.9 Å². The Kier molecular flexibility index (Phi) is 2.56. The summed E-state index contributed by atoms with van der Waals surface area (Å²) >= 11 is 0. The van der Waals surface area contributed by atoms with E-state index in [1.807, 2.05) is 37.4 Å². The van der Waals surface area contributed by atoms with Crippen molar-refractivity contribution in [3.8, 4) is 11.1 Å². The van der Waals surface area contributed by atoms with Gasteiger partial charge in [-0.05, 0) is 47.2 Å². The summed E-state index contributed by atoms with van der Waals surface area (Å²) in [7, 11) is 0. The molecule has 2 aromatic carbocycles. The van der Waals surface area contributed by atoms with Crippen LogP contribution in [0.3, 0.4) is 0 Å². The Labute approximate surface area is 109 Å². The lowest BCUT2D eigenvalue weighted by atomic mass is 9.99. The smallest absolute Gasteiger partial charge is 0.270 e. The number of nitro groups is 1. The first-order chi connectivity index (χ1) is 9.15. The van der Waals surface area contributed by atoms with Crippen LogP contribution in [0.1, 0.15) is 5.56 Å². The molecule has 0 amide bonds. The van der Waals surface area contributed by atoms with Gasteiger partial charge < -0.3 is 4.98 Å². The van der Waals surface area contributed by atoms with Gasteiger partial charge in [0.2, 0.25) is 0 Å². The lowest BCUT2D eigenvalue weighted by molar-refractivity contribution is -0.384. The van der Waals surface area contributed by atoms with Gasteiger partial charge in [-0.2, -0.15) is 0 Å². The molecular weight excluding hydrogens is 240 g/mol. The predicted molar refractivity (Wildman–Crippen MR) is 75.1 cm³/mol. The van der Waals surface area contributed by atoms with E-state index in [1.165, 1.54) is 6.07 Å². The van der Waals surface area contributed by atoms with Crippen LogP contribution in [0.2, 0.25) is 0 Å². The molecule has 1 N–H and O–H groups in total. The fourth-order valence-corrected chi connectivity index (χ4v) is 2.26. The summed E-state index contributed by atoms with van der Waals surface area (Å²) < 4.78 is 0. The van der Waals surface area contributed by atoms with Crippen molar-refractivity contribution in [3.05, 3.63) is 64.3 Å². The van der Waals surface area contributed by atoms with Crippen LogP contribution in [-0.2, 0) is 0 Å². The van der Waals surface area contributed by atoms with Crippen LogP contribution < -0.4 is 0 Å². The minimum Gasteiger partial charge on any atom is -0.361 e. The molecule has 1 heterocycles. The maximum absolute atomic E-state index is 10.9. The zero-order chi connectivity index (χ0) is 13.4. The highest BCUT2D eigenvalue weighted by molar-refractivity contribution is 5.86. The SMILES string of the molecule is Cc1ccc([N+](=O)[O-])cc1-c1ccc2[nH]ccc2c1. The van der Waals surface area contributed by atoms with Gasteiger partial charge in [-0.1, -0.05) is 12.1 Å². The third-order valence-corrected chi connectivity index (χ3v) is 3.30. The van der Waals surface area contributed by atoms with Crippen molar-refractivity contribution < 1.29 is 4.92 Å². The van der Waals surface area contributed by atoms with Crippen LogP contribution in [0.15, 0.2) is 48.7 Å². The molecule has 0 aliphatic rings. The van der Waals surface area contributed by atoms with E-state index in [0.29, 0.717) is 0 Å². The standard InChI is InChI=1S/C15H12N2O2/c1-10-2-4-13(17(18)19)9-14(10)11-3-5-15-12(8-11)6-7-16-15/h2-9,16H,1H3. The number of benzene rings is 2. The second-order valence-electron chi connectivity index (χ2n) is 4.54. The highest BCUT2D eigenvalue weighted by Gasteiger charge is 2.10. The number of aryl methyl sites for hydroxylation is 1. The lowest BCUT2D eigenvalue weighted by Gasteiger charge is -2.06. The number of aromatic nitrogens is 1. The van der Waals surface area contributed by atoms with E-state index in [9.17, 15) is 10.1 Å². The van der Waals surface area contributed by atoms with Crippen LogP contribution in [0.4, 0.5) is 5.69 Å². The van der Waals surface area contributed by atoms with Gasteiger partial charge in [-0.25, -0.2) is 0 Å². The number of non-ortho nitro benzene ring substituents is 1. The summed E-state index contributed by atoms with van der Waals surface area (Å²) in [4.78, 5) is 13.6. The molecule has 4 heteroatoms. The number of aromatic amines is 1. The number of nitrogens with zero attached hydrogens (tertiary/aromatic N) is 1. The second kappa shape index (κ2) is 4.24. The van der Waals surface area contributed by atoms with Gasteiger partial charge in [0, 0.05) is 23.8 Å². The van der Waals surface area contributed by atoms with Crippen LogP contribution in [0.25, 0.3) is 22.0 Å². The largest absolute Gasteiger partial charge is 0.361 e. The van der Waals surface area contributed by atoms with E-state index in [0.717, 1.165) is 27.6 Å². The minimum absolute atomic E-state index is 0.120. The van der Waals surface area contributed by atoms with Crippen molar-refractivity contribution in [1.29, 1.82) is 0 Å². The van der Waals surface area contributed by atoms with Crippen LogP contribution in [0.5, 0.6) is 0 Å². The zero-order valence-electron chi connectivity index (χ0n) is 10.4. The predicted octanol–water partition coefficient (Wildman–Crippen LogP) is 4.05. The first-order valence-electron chi connectivity index (χ1n) is 5.98. The molecule has 1 aromatic heterocycles. The number of nitro benzene ring substituents is 1. The maximum Gasteiger partial charge on any atom is 0.270 e. The van der Waals surface area contributed by atoms with Crippen molar-refractivity contribution in [3.63, 3.8) is 0 Å². The van der Waals surface area contributed by atoms with Crippen molar-refractivity contribution in [2.24, 2.45) is 0 Å². The van der Waals surface area contributed by atoms with E-state index >= 15 is 0 Å². The average Bonchev–Trinajstić information content (AvgIpc) is 2.86. The highest BCUT2D eigenvalue weighted by atomic mass is 16.6. The van der Waals surface area contributed by atoms with Gasteiger partial charge in [0.05, 0.1) is 4.92 Å². The maximum atomic E-state index is 10.9. The molecule has 3 rings (SSSR count). The van der Waals surface area contributed by atoms with E-state index < -0.39 is 0 Å². The molecule has 19 heavy (non-hydrogen) atoms. The minimum atomic E-state index is -0.363. The Bertz CT molecular complexity index is 775. The fourth-order valence-electron chi connectivity index (χ4n) is 2.26. The third-order valence-electron chi connectivity index (χ3n) is 3.30. The number of fused-ring (bicyclic) bond motifs is 1. The molecule has 0 saturated heterocycles. The molecule has 0 fully saturated rings. The van der Waals surface area contributed by atoms with Crippen molar-refractivity contribution in [2.75, 3.05) is 0 Å². The van der Waals surface area contributed by atoms with Crippen molar-refractivity contribution >= 4 is 16.6 Å². The number of H-pyrrole nitrogens is 1. The van der Waals surface area contributed by atoms with E-state index in [-0.39, 0.29) is 10.6 Å². The van der Waals surface area contributed by atoms with Crippen LogP contribution >= 0.6 is 0 Å². The molecule has 0 bridgehead atoms. The Morgan fingerprint density at radius 2 is 1.95 bits per heavy atom. The molecule has 4 nitrogen and oxygen atoms in total. The van der Waals surface area contributed by atoms with Crippen molar-refractivity contribution in [1.82, 2.24) is 4.98 Å². The summed E-state index contributed by atoms with van der Waals surface area (Å²) in [6, 6.07) is 12.9. The summed E-state index contributed by atoms with van der Waals surface area (Å²) in [6.07, 6.45) is 1.88. The summed E-state index contributed by atoms with van der Waals surface area (Å²) in [5.41, 5.74) is 4.10. The number of hydrogen-bond donors (Lipinski definition) is 1. The van der Waals surface area contributed by atoms with Gasteiger partial charge in [0.15, 0.2) is 0 Å². The first-order valence-corrected chi connectivity index (χ1v) is 5.98. The zero-order valence-corrected chi connectivity index (χ0v) is 10.4. The highest BCUT2D eigenvalue weighted by Crippen LogP contribution is 2.29. The normalized spacial score (nSPS) is 10.8. The first kappa shape index (κ1) is 11.5. The molecule has 0 spiro atoms. The van der Waals surface area contributed by atoms with Gasteiger partial charge in [0.25, 0.3) is 5.69 Å². The van der Waals surface area contributed by atoms with Crippen LogP contribution in [-0.4, -0.2) is 9.91 Å². The molecule has 0 aliphatic heterocycles.